The minimum Gasteiger partial charge on any atom is -0.478 e. The van der Waals surface area contributed by atoms with Gasteiger partial charge in [-0.05, 0) is 12.1 Å². The average Bonchev–Trinajstić information content (AvgIpc) is 2.78. The lowest BCUT2D eigenvalue weighted by atomic mass is 10.2. The van der Waals surface area contributed by atoms with Gasteiger partial charge in [-0.3, -0.25) is 4.79 Å². The molecule has 0 saturated heterocycles. The summed E-state index contributed by atoms with van der Waals surface area (Å²) in [5.41, 5.74) is 1.10. The van der Waals surface area contributed by atoms with Crippen LogP contribution in [0.3, 0.4) is 0 Å². The van der Waals surface area contributed by atoms with Gasteiger partial charge in [-0.15, -0.1) is 5.10 Å². The van der Waals surface area contributed by atoms with Crippen molar-refractivity contribution < 1.29 is 14.7 Å². The van der Waals surface area contributed by atoms with Gasteiger partial charge in [0.25, 0.3) is 0 Å². The number of nitrogens with zero attached hydrogens (tertiary/aromatic N) is 4. The summed E-state index contributed by atoms with van der Waals surface area (Å²) in [7, 11) is 3.34. The Kier molecular flexibility index (Phi) is 3.46. The number of hydrogen-bond acceptors (Lipinski definition) is 4. The Hall–Kier alpha value is -2.44. The highest BCUT2D eigenvalue weighted by Crippen LogP contribution is 2.17. The molecule has 1 heterocycles. The number of aromatic carboxylic acids is 1. The van der Waals surface area contributed by atoms with E-state index in [1.54, 1.807) is 26.2 Å². The van der Waals surface area contributed by atoms with E-state index in [0.717, 1.165) is 0 Å². The molecule has 0 unspecified atom stereocenters. The van der Waals surface area contributed by atoms with Crippen molar-refractivity contribution in [3.05, 3.63) is 23.8 Å². The third kappa shape index (κ3) is 2.54. The van der Waals surface area contributed by atoms with Gasteiger partial charge in [-0.25, -0.2) is 9.48 Å². The van der Waals surface area contributed by atoms with Crippen molar-refractivity contribution >= 4 is 22.9 Å². The number of aromatic nitrogens is 3. The topological polar surface area (TPSA) is 88.3 Å². The molecule has 0 radical (unpaired) electrons. The number of rotatable bonds is 4. The highest BCUT2D eigenvalue weighted by molar-refractivity contribution is 6.00. The van der Waals surface area contributed by atoms with E-state index in [4.69, 9.17) is 5.11 Å². The normalized spacial score (nSPS) is 10.6. The van der Waals surface area contributed by atoms with Crippen LogP contribution in [0.2, 0.25) is 0 Å². The van der Waals surface area contributed by atoms with Gasteiger partial charge in [-0.1, -0.05) is 11.3 Å². The maximum atomic E-state index is 11.5. The number of amides is 1. The van der Waals surface area contributed by atoms with Gasteiger partial charge >= 0.3 is 5.97 Å². The van der Waals surface area contributed by atoms with Crippen molar-refractivity contribution in [3.63, 3.8) is 0 Å². The Labute approximate surface area is 109 Å². The zero-order valence-corrected chi connectivity index (χ0v) is 10.7. The smallest absolute Gasteiger partial charge is 0.337 e. The van der Waals surface area contributed by atoms with Crippen LogP contribution >= 0.6 is 0 Å². The largest absolute Gasteiger partial charge is 0.478 e. The summed E-state index contributed by atoms with van der Waals surface area (Å²) < 4.78 is 1.46. The van der Waals surface area contributed by atoms with Crippen molar-refractivity contribution in [1.82, 2.24) is 19.9 Å². The van der Waals surface area contributed by atoms with Gasteiger partial charge in [0, 0.05) is 20.5 Å². The predicted octanol–water partition coefficient (Wildman–Crippen LogP) is 0.608. The van der Waals surface area contributed by atoms with Gasteiger partial charge in [0.2, 0.25) is 5.91 Å². The summed E-state index contributed by atoms with van der Waals surface area (Å²) >= 11 is 0. The van der Waals surface area contributed by atoms with Crippen LogP contribution in [0.5, 0.6) is 0 Å². The predicted molar refractivity (Wildman–Crippen MR) is 67.8 cm³/mol. The van der Waals surface area contributed by atoms with Crippen LogP contribution in [0, 0.1) is 0 Å². The molecule has 2 rings (SSSR count). The fraction of sp³-hybridized carbons (Fsp3) is 0.333. The molecule has 0 saturated carbocycles. The summed E-state index contributed by atoms with van der Waals surface area (Å²) in [6.45, 7) is 0.303. The van der Waals surface area contributed by atoms with E-state index in [2.05, 4.69) is 10.3 Å². The zero-order valence-electron chi connectivity index (χ0n) is 10.7. The number of benzene rings is 1. The molecule has 1 aromatic heterocycles. The van der Waals surface area contributed by atoms with Gasteiger partial charge in [-0.2, -0.15) is 0 Å². The molecular weight excluding hydrogens is 248 g/mol. The van der Waals surface area contributed by atoms with E-state index < -0.39 is 5.97 Å². The lowest BCUT2D eigenvalue weighted by molar-refractivity contribution is -0.128. The van der Waals surface area contributed by atoms with Gasteiger partial charge in [0.05, 0.1) is 12.1 Å². The number of hydrogen-bond donors (Lipinski definition) is 1. The molecule has 7 nitrogen and oxygen atoms in total. The van der Waals surface area contributed by atoms with Crippen molar-refractivity contribution in [3.8, 4) is 0 Å². The van der Waals surface area contributed by atoms with E-state index in [0.29, 0.717) is 17.6 Å². The van der Waals surface area contributed by atoms with Crippen LogP contribution in [0.4, 0.5) is 0 Å². The molecule has 0 aliphatic rings. The second kappa shape index (κ2) is 5.05. The minimum atomic E-state index is -1.03. The monoisotopic (exact) mass is 262 g/mol. The van der Waals surface area contributed by atoms with E-state index >= 15 is 0 Å². The first-order valence-electron chi connectivity index (χ1n) is 5.76. The van der Waals surface area contributed by atoms with Crippen LogP contribution in [0.25, 0.3) is 11.0 Å². The molecule has 0 bridgehead atoms. The van der Waals surface area contributed by atoms with Crippen LogP contribution < -0.4 is 0 Å². The Morgan fingerprint density at radius 1 is 1.37 bits per heavy atom. The number of carbonyl (C=O) groups excluding carboxylic acids is 1. The summed E-state index contributed by atoms with van der Waals surface area (Å²) in [5.74, 6) is -1.08. The standard InChI is InChI=1S/C12H14N4O3/c1-15(2)10(17)6-7-16-11-8(12(18)19)4-3-5-9(11)13-14-16/h3-5H,6-7H2,1-2H3,(H,18,19). The molecule has 0 aliphatic carbocycles. The number of carboxylic acids is 1. The van der Waals surface area contributed by atoms with Crippen molar-refractivity contribution in [2.45, 2.75) is 13.0 Å². The van der Waals surface area contributed by atoms with Crippen molar-refractivity contribution in [2.75, 3.05) is 14.1 Å². The summed E-state index contributed by atoms with van der Waals surface area (Å²) in [5, 5.41) is 17.0. The Bertz CT molecular complexity index is 633. The van der Waals surface area contributed by atoms with Crippen LogP contribution in [-0.4, -0.2) is 51.0 Å². The summed E-state index contributed by atoms with van der Waals surface area (Å²) in [4.78, 5) is 24.2. The first-order valence-corrected chi connectivity index (χ1v) is 5.76. The highest BCUT2D eigenvalue weighted by Gasteiger charge is 2.15. The molecular formula is C12H14N4O3. The van der Waals surface area contributed by atoms with E-state index in [-0.39, 0.29) is 17.9 Å². The second-order valence-corrected chi connectivity index (χ2v) is 4.33. The van der Waals surface area contributed by atoms with Crippen molar-refractivity contribution in [2.24, 2.45) is 0 Å². The van der Waals surface area contributed by atoms with Crippen molar-refractivity contribution in [1.29, 1.82) is 0 Å². The molecule has 1 aromatic carbocycles. The molecule has 7 heteroatoms. The number of carbonyl (C=O) groups is 2. The molecule has 19 heavy (non-hydrogen) atoms. The van der Waals surface area contributed by atoms with Gasteiger partial charge < -0.3 is 10.0 Å². The van der Waals surface area contributed by atoms with Gasteiger partial charge in [0.1, 0.15) is 11.0 Å². The zero-order chi connectivity index (χ0) is 14.0. The SMILES string of the molecule is CN(C)C(=O)CCn1nnc2cccc(C(=O)O)c21. The average molecular weight is 262 g/mol. The molecule has 1 amide bonds. The summed E-state index contributed by atoms with van der Waals surface area (Å²) in [6, 6.07) is 4.81. The molecule has 0 atom stereocenters. The number of fused-ring (bicyclic) bond motifs is 1. The third-order valence-corrected chi connectivity index (χ3v) is 2.80. The third-order valence-electron chi connectivity index (χ3n) is 2.80. The van der Waals surface area contributed by atoms with Gasteiger partial charge in [0.15, 0.2) is 0 Å². The first kappa shape index (κ1) is 13.0. The molecule has 0 fully saturated rings. The van der Waals surface area contributed by atoms with Crippen LogP contribution in [0.15, 0.2) is 18.2 Å². The Balaban J connectivity index is 2.34. The number of aryl methyl sites for hydroxylation is 1. The lowest BCUT2D eigenvalue weighted by Gasteiger charge is -2.10. The first-order chi connectivity index (χ1) is 9.00. The van der Waals surface area contributed by atoms with Crippen LogP contribution in [0.1, 0.15) is 16.8 Å². The van der Waals surface area contributed by atoms with E-state index in [9.17, 15) is 9.59 Å². The fourth-order valence-electron chi connectivity index (χ4n) is 1.78. The molecule has 0 aliphatic heterocycles. The maximum absolute atomic E-state index is 11.5. The fourth-order valence-corrected chi connectivity index (χ4v) is 1.78. The maximum Gasteiger partial charge on any atom is 0.337 e. The molecule has 0 spiro atoms. The molecule has 1 N–H and O–H groups in total. The highest BCUT2D eigenvalue weighted by atomic mass is 16.4. The molecule has 2 aromatic rings. The minimum absolute atomic E-state index is 0.0449. The summed E-state index contributed by atoms with van der Waals surface area (Å²) in [6.07, 6.45) is 0.249. The van der Waals surface area contributed by atoms with E-state index in [1.165, 1.54) is 15.6 Å². The lowest BCUT2D eigenvalue weighted by Crippen LogP contribution is -2.23. The Morgan fingerprint density at radius 2 is 2.11 bits per heavy atom. The molecule has 100 valence electrons. The second-order valence-electron chi connectivity index (χ2n) is 4.33. The Morgan fingerprint density at radius 3 is 2.74 bits per heavy atom. The van der Waals surface area contributed by atoms with E-state index in [1.807, 2.05) is 0 Å². The quantitative estimate of drug-likeness (QED) is 0.872. The van der Waals surface area contributed by atoms with Crippen LogP contribution in [-0.2, 0) is 11.3 Å². The number of carboxylic acid groups (broad SMARTS) is 1. The number of para-hydroxylation sites is 1.